The zero-order valence-corrected chi connectivity index (χ0v) is 19.1. The van der Waals surface area contributed by atoms with Crippen LogP contribution in [-0.2, 0) is 0 Å². The zero-order valence-electron chi connectivity index (χ0n) is 19.1. The lowest BCUT2D eigenvalue weighted by Gasteiger charge is -2.49. The summed E-state index contributed by atoms with van der Waals surface area (Å²) in [7, 11) is 0. The molecule has 0 saturated heterocycles. The molecule has 1 heteroatoms. The quantitative estimate of drug-likeness (QED) is 0.237. The molecule has 0 spiro atoms. The fourth-order valence-corrected chi connectivity index (χ4v) is 4.36. The van der Waals surface area contributed by atoms with Gasteiger partial charge >= 0.3 is 0 Å². The number of hydrogen-bond acceptors (Lipinski definition) is 1. The van der Waals surface area contributed by atoms with Crippen molar-refractivity contribution in [1.29, 1.82) is 0 Å². The average Bonchev–Trinajstić information content (AvgIpc) is 2.55. The van der Waals surface area contributed by atoms with Gasteiger partial charge in [-0.25, -0.2) is 0 Å². The summed E-state index contributed by atoms with van der Waals surface area (Å²) < 4.78 is 0. The number of hydrogen-bond donors (Lipinski definition) is 0. The van der Waals surface area contributed by atoms with E-state index in [1.807, 2.05) is 0 Å². The topological polar surface area (TPSA) is 3.24 Å². The third-order valence-electron chi connectivity index (χ3n) is 5.98. The van der Waals surface area contributed by atoms with E-state index < -0.39 is 0 Å². The first-order valence-electron chi connectivity index (χ1n) is 11.6. The summed E-state index contributed by atoms with van der Waals surface area (Å²) in [5.41, 5.74) is 0.655. The molecule has 0 aliphatic heterocycles. The van der Waals surface area contributed by atoms with Crippen LogP contribution in [0.25, 0.3) is 0 Å². The first-order chi connectivity index (χ1) is 11.8. The van der Waals surface area contributed by atoms with Crippen molar-refractivity contribution in [2.24, 2.45) is 0 Å². The second-order valence-corrected chi connectivity index (χ2v) is 9.46. The van der Waals surface area contributed by atoms with Crippen molar-refractivity contribution in [3.63, 3.8) is 0 Å². The Balaban J connectivity index is 4.78. The molecule has 0 N–H and O–H groups in total. The summed E-state index contributed by atoms with van der Waals surface area (Å²) in [6, 6.07) is 0. The number of unbranched alkanes of at least 4 members (excludes halogenated alkanes) is 9. The zero-order chi connectivity index (χ0) is 19.2. The molecule has 0 bridgehead atoms. The molecule has 0 amide bonds. The van der Waals surface area contributed by atoms with Gasteiger partial charge in [-0.05, 0) is 53.5 Å². The molecule has 0 aromatic heterocycles. The van der Waals surface area contributed by atoms with Crippen LogP contribution < -0.4 is 0 Å². The monoisotopic (exact) mass is 353 g/mol. The van der Waals surface area contributed by atoms with Crippen molar-refractivity contribution in [2.75, 3.05) is 6.54 Å². The first kappa shape index (κ1) is 25.0. The Hall–Kier alpha value is -0.0400. The van der Waals surface area contributed by atoms with Gasteiger partial charge in [-0.1, -0.05) is 91.4 Å². The molecule has 0 fully saturated rings. The van der Waals surface area contributed by atoms with Crippen molar-refractivity contribution in [3.8, 4) is 0 Å². The molecule has 0 rings (SSSR count). The van der Waals surface area contributed by atoms with Crippen molar-refractivity contribution in [2.45, 2.75) is 149 Å². The lowest BCUT2D eigenvalue weighted by atomic mass is 9.85. The Morgan fingerprint density at radius 1 is 0.480 bits per heavy atom. The predicted octanol–water partition coefficient (Wildman–Crippen LogP) is 8.37. The fourth-order valence-electron chi connectivity index (χ4n) is 4.36. The third-order valence-corrected chi connectivity index (χ3v) is 5.98. The number of rotatable bonds is 17. The molecule has 0 aromatic carbocycles. The van der Waals surface area contributed by atoms with Crippen LogP contribution in [0.4, 0.5) is 0 Å². The molecular weight excluding hydrogens is 302 g/mol. The van der Waals surface area contributed by atoms with E-state index in [0.717, 1.165) is 0 Å². The van der Waals surface area contributed by atoms with E-state index in [9.17, 15) is 0 Å². The minimum atomic E-state index is 0.328. The highest BCUT2D eigenvalue weighted by molar-refractivity contribution is 4.92. The summed E-state index contributed by atoms with van der Waals surface area (Å²) in [5, 5.41) is 0. The van der Waals surface area contributed by atoms with Crippen LogP contribution in [0.5, 0.6) is 0 Å². The van der Waals surface area contributed by atoms with Crippen molar-refractivity contribution < 1.29 is 0 Å². The maximum Gasteiger partial charge on any atom is 0.0158 e. The van der Waals surface area contributed by atoms with Crippen LogP contribution in [0.15, 0.2) is 0 Å². The van der Waals surface area contributed by atoms with Crippen LogP contribution >= 0.6 is 0 Å². The first-order valence-corrected chi connectivity index (χ1v) is 11.6. The Morgan fingerprint density at radius 2 is 0.840 bits per heavy atom. The van der Waals surface area contributed by atoms with Crippen LogP contribution in [0.3, 0.4) is 0 Å². The maximum absolute atomic E-state index is 2.88. The summed E-state index contributed by atoms with van der Waals surface area (Å²) >= 11 is 0. The van der Waals surface area contributed by atoms with Crippen LogP contribution in [0.1, 0.15) is 138 Å². The lowest BCUT2D eigenvalue weighted by molar-refractivity contribution is 0.00156. The summed E-state index contributed by atoms with van der Waals surface area (Å²) in [4.78, 5) is 2.88. The van der Waals surface area contributed by atoms with Gasteiger partial charge in [-0.2, -0.15) is 0 Å². The summed E-state index contributed by atoms with van der Waals surface area (Å²) in [5.74, 6) is 0. The Kier molecular flexibility index (Phi) is 14.0. The Bertz CT molecular complexity index is 268. The molecule has 25 heavy (non-hydrogen) atoms. The highest BCUT2D eigenvalue weighted by Gasteiger charge is 2.36. The minimum absolute atomic E-state index is 0.328. The van der Waals surface area contributed by atoms with Gasteiger partial charge in [-0.3, -0.25) is 4.90 Å². The highest BCUT2D eigenvalue weighted by atomic mass is 15.2. The Morgan fingerprint density at radius 3 is 1.20 bits per heavy atom. The van der Waals surface area contributed by atoms with E-state index in [-0.39, 0.29) is 0 Å². The summed E-state index contributed by atoms with van der Waals surface area (Å²) in [6.07, 6.45) is 19.2. The second-order valence-electron chi connectivity index (χ2n) is 9.46. The van der Waals surface area contributed by atoms with Gasteiger partial charge in [0.05, 0.1) is 0 Å². The van der Waals surface area contributed by atoms with E-state index in [0.29, 0.717) is 11.1 Å². The highest BCUT2D eigenvalue weighted by Crippen LogP contribution is 2.33. The minimum Gasteiger partial charge on any atom is -0.293 e. The SMILES string of the molecule is CCCCCCN(C(C)(C)CCCCCC)C(C)(C)CCCCCC. The summed E-state index contributed by atoms with van der Waals surface area (Å²) in [6.45, 7) is 18.2. The second kappa shape index (κ2) is 14.1. The van der Waals surface area contributed by atoms with Gasteiger partial charge in [0, 0.05) is 11.1 Å². The van der Waals surface area contributed by atoms with Gasteiger partial charge in [0.1, 0.15) is 0 Å². The lowest BCUT2D eigenvalue weighted by Crippen LogP contribution is -2.55. The largest absolute Gasteiger partial charge is 0.293 e. The predicted molar refractivity (Wildman–Crippen MR) is 117 cm³/mol. The van der Waals surface area contributed by atoms with Gasteiger partial charge in [0.2, 0.25) is 0 Å². The van der Waals surface area contributed by atoms with E-state index in [1.54, 1.807) is 0 Å². The fraction of sp³-hybridized carbons (Fsp3) is 1.00. The molecule has 0 aliphatic rings. The Labute approximate surface area is 161 Å². The average molecular weight is 354 g/mol. The molecule has 0 aliphatic carbocycles. The molecular formula is C24H51N. The third kappa shape index (κ3) is 11.3. The maximum atomic E-state index is 2.88. The molecule has 0 saturated carbocycles. The van der Waals surface area contributed by atoms with Crippen molar-refractivity contribution >= 4 is 0 Å². The van der Waals surface area contributed by atoms with Crippen LogP contribution in [-0.4, -0.2) is 22.5 Å². The van der Waals surface area contributed by atoms with Crippen molar-refractivity contribution in [1.82, 2.24) is 4.90 Å². The smallest absolute Gasteiger partial charge is 0.0158 e. The normalized spacial score (nSPS) is 13.0. The van der Waals surface area contributed by atoms with E-state index in [4.69, 9.17) is 0 Å². The van der Waals surface area contributed by atoms with E-state index >= 15 is 0 Å². The van der Waals surface area contributed by atoms with Crippen LogP contribution in [0.2, 0.25) is 0 Å². The number of nitrogens with zero attached hydrogens (tertiary/aromatic N) is 1. The van der Waals surface area contributed by atoms with Gasteiger partial charge < -0.3 is 0 Å². The molecule has 0 unspecified atom stereocenters. The van der Waals surface area contributed by atoms with Crippen molar-refractivity contribution in [3.05, 3.63) is 0 Å². The molecule has 0 atom stereocenters. The molecule has 0 radical (unpaired) electrons. The molecule has 152 valence electrons. The van der Waals surface area contributed by atoms with E-state index in [1.165, 1.54) is 96.4 Å². The van der Waals surface area contributed by atoms with Crippen LogP contribution in [0, 0.1) is 0 Å². The van der Waals surface area contributed by atoms with E-state index in [2.05, 4.69) is 53.4 Å². The standard InChI is InChI=1S/C24H51N/c1-8-11-14-17-20-23(4,5)25(22-19-16-13-10-3)24(6,7)21-18-15-12-9-2/h8-22H2,1-7H3. The van der Waals surface area contributed by atoms with Gasteiger partial charge in [0.15, 0.2) is 0 Å². The van der Waals surface area contributed by atoms with Gasteiger partial charge in [0.25, 0.3) is 0 Å². The molecule has 0 aromatic rings. The molecule has 1 nitrogen and oxygen atoms in total. The van der Waals surface area contributed by atoms with Gasteiger partial charge in [-0.15, -0.1) is 0 Å². The molecule has 0 heterocycles.